The Bertz CT molecular complexity index is 1580. The first-order valence-corrected chi connectivity index (χ1v) is 18.8. The first-order valence-electron chi connectivity index (χ1n) is 18.8. The van der Waals surface area contributed by atoms with Gasteiger partial charge in [-0.3, -0.25) is 14.5 Å². The van der Waals surface area contributed by atoms with E-state index in [1.165, 1.54) is 12.1 Å². The van der Waals surface area contributed by atoms with E-state index in [2.05, 4.69) is 4.90 Å². The van der Waals surface area contributed by atoms with Crippen LogP contribution in [-0.2, 0) is 25.2 Å². The molecule has 6 rings (SSSR count). The number of carbonyl (C=O) groups excluding carboxylic acids is 2. The van der Waals surface area contributed by atoms with Crippen LogP contribution in [0.1, 0.15) is 67.1 Å². The zero-order chi connectivity index (χ0) is 38.1. The summed E-state index contributed by atoms with van der Waals surface area (Å²) in [5.41, 5.74) is -1.13. The quantitative estimate of drug-likeness (QED) is 0.278. The Labute approximate surface area is 310 Å². The Morgan fingerprint density at radius 2 is 1.58 bits per heavy atom. The second-order valence-corrected chi connectivity index (χ2v) is 15.6. The lowest BCUT2D eigenvalue weighted by Gasteiger charge is -2.36. The number of piperidine rings is 1. The summed E-state index contributed by atoms with van der Waals surface area (Å²) >= 11 is 0. The molecule has 3 aliphatic heterocycles. The van der Waals surface area contributed by atoms with Crippen LogP contribution < -0.4 is 9.64 Å². The average Bonchev–Trinajstić information content (AvgIpc) is 3.75. The maximum Gasteiger partial charge on any atom is 0.416 e. The third-order valence-corrected chi connectivity index (χ3v) is 12.3. The molecule has 0 spiro atoms. The molecule has 13 heteroatoms. The highest BCUT2D eigenvalue weighted by Crippen LogP contribution is 2.47. The Kier molecular flexibility index (Phi) is 12.0. The molecule has 292 valence electrons. The van der Waals surface area contributed by atoms with Crippen molar-refractivity contribution in [2.45, 2.75) is 74.4 Å². The lowest BCUT2D eigenvalue weighted by atomic mass is 9.85. The fourth-order valence-electron chi connectivity index (χ4n) is 9.27. The highest BCUT2D eigenvalue weighted by molar-refractivity contribution is 5.88. The zero-order valence-electron chi connectivity index (χ0n) is 31.5. The summed E-state index contributed by atoms with van der Waals surface area (Å²) in [6.45, 7) is 1.82. The Hall–Kier alpha value is -3.42. The second kappa shape index (κ2) is 16.1. The van der Waals surface area contributed by atoms with Crippen LogP contribution in [0.25, 0.3) is 0 Å². The van der Waals surface area contributed by atoms with Crippen molar-refractivity contribution in [1.29, 1.82) is 0 Å². The number of ether oxygens (including phenoxy) is 3. The number of halogens is 4. The molecule has 4 aliphatic rings. The third kappa shape index (κ3) is 8.17. The van der Waals surface area contributed by atoms with Crippen LogP contribution in [0.3, 0.4) is 0 Å². The number of carbonyl (C=O) groups is 2. The van der Waals surface area contributed by atoms with Gasteiger partial charge in [0, 0.05) is 103 Å². The van der Waals surface area contributed by atoms with Crippen molar-refractivity contribution in [2.75, 3.05) is 86.2 Å². The van der Waals surface area contributed by atoms with E-state index < -0.39 is 29.2 Å². The topological polar surface area (TPSA) is 74.8 Å². The number of benzene rings is 2. The number of nitrogens with zero attached hydrogens (tertiary/aromatic N) is 4. The van der Waals surface area contributed by atoms with Gasteiger partial charge in [-0.1, -0.05) is 18.2 Å². The highest BCUT2D eigenvalue weighted by atomic mass is 19.4. The van der Waals surface area contributed by atoms with Crippen LogP contribution in [0.4, 0.5) is 23.2 Å². The molecule has 1 saturated carbocycles. The Balaban J connectivity index is 1.29. The van der Waals surface area contributed by atoms with Crippen LogP contribution in [0.5, 0.6) is 5.75 Å². The van der Waals surface area contributed by atoms with E-state index in [9.17, 15) is 22.8 Å². The number of methoxy groups -OCH3 is 3. The summed E-state index contributed by atoms with van der Waals surface area (Å²) in [5, 5.41) is 0. The Morgan fingerprint density at radius 3 is 2.17 bits per heavy atom. The van der Waals surface area contributed by atoms with Gasteiger partial charge in [-0.05, 0) is 73.9 Å². The van der Waals surface area contributed by atoms with Crippen molar-refractivity contribution >= 4 is 17.5 Å². The van der Waals surface area contributed by atoms with E-state index in [1.54, 1.807) is 57.4 Å². The molecule has 4 fully saturated rings. The minimum atomic E-state index is -4.55. The Morgan fingerprint density at radius 1 is 0.906 bits per heavy atom. The van der Waals surface area contributed by atoms with Gasteiger partial charge in [-0.2, -0.15) is 13.2 Å². The van der Waals surface area contributed by atoms with Crippen molar-refractivity contribution in [3.63, 3.8) is 0 Å². The van der Waals surface area contributed by atoms with Crippen molar-refractivity contribution in [3.8, 4) is 5.75 Å². The number of alkyl halides is 4. The van der Waals surface area contributed by atoms with Crippen molar-refractivity contribution in [3.05, 3.63) is 59.2 Å². The number of hydrogen-bond donors (Lipinski definition) is 0. The van der Waals surface area contributed by atoms with E-state index in [4.69, 9.17) is 14.2 Å². The standard InChI is InChI=1S/C40H54F4N4O5/c1-45(2)37(49)27-16-18-46(19-17-27)36-20-29(40(42,43)44)8-15-33(36)34-22-47(21-28(34)24-51-3)38(50)39(41)25-48(30-9-13-32(53-5)14-10-30)23-35(39)26-6-11-31(52-4)12-7-26/h6-8,11-12,15,20,27-28,30,32,34-35H,9-10,13-14,16-19,21-25H2,1-5H3/t28-,30-,32-,34+,35+,39+/m1/s1. The normalized spacial score (nSPS) is 28.7. The molecule has 0 radical (unpaired) electrons. The first-order chi connectivity index (χ1) is 25.3. The van der Waals surface area contributed by atoms with Gasteiger partial charge in [0.2, 0.25) is 11.6 Å². The largest absolute Gasteiger partial charge is 0.497 e. The lowest BCUT2D eigenvalue weighted by molar-refractivity contribution is -0.143. The maximum atomic E-state index is 17.9. The molecular weight excluding hydrogens is 692 g/mol. The summed E-state index contributed by atoms with van der Waals surface area (Å²) in [7, 11) is 8.27. The van der Waals surface area contributed by atoms with Crippen molar-refractivity contribution in [1.82, 2.24) is 14.7 Å². The SMILES string of the molecule is COC[C@H]1CN(C(=O)[C@]2(F)CN([C@H]3CC[C@H](OC)CC3)C[C@H]2c2ccc(OC)cc2)C[C@@H]1c1ccc(C(F)(F)F)cc1N1CCC(C(=O)N(C)C)CC1. The van der Waals surface area contributed by atoms with Gasteiger partial charge >= 0.3 is 6.18 Å². The summed E-state index contributed by atoms with van der Waals surface area (Å²) in [6.07, 6.45) is 0.143. The number of hydrogen-bond acceptors (Lipinski definition) is 7. The maximum absolute atomic E-state index is 17.9. The highest BCUT2D eigenvalue weighted by Gasteiger charge is 2.57. The molecule has 2 aromatic carbocycles. The summed E-state index contributed by atoms with van der Waals surface area (Å²) in [5.74, 6) is -1.50. The van der Waals surface area contributed by atoms with Gasteiger partial charge in [-0.25, -0.2) is 4.39 Å². The van der Waals surface area contributed by atoms with Crippen LogP contribution >= 0.6 is 0 Å². The third-order valence-electron chi connectivity index (χ3n) is 12.3. The van der Waals surface area contributed by atoms with E-state index in [1.807, 2.05) is 17.0 Å². The fourth-order valence-corrected chi connectivity index (χ4v) is 9.27. The van der Waals surface area contributed by atoms with Crippen molar-refractivity contribution in [2.24, 2.45) is 11.8 Å². The summed E-state index contributed by atoms with van der Waals surface area (Å²) in [4.78, 5) is 34.6. The molecular formula is C40H54F4N4O5. The van der Waals surface area contributed by atoms with Gasteiger partial charge in [0.05, 0.1) is 25.4 Å². The molecule has 9 nitrogen and oxygen atoms in total. The fraction of sp³-hybridized carbons (Fsp3) is 0.650. The predicted octanol–water partition coefficient (Wildman–Crippen LogP) is 5.97. The molecule has 0 N–H and O–H groups in total. The van der Waals surface area contributed by atoms with Crippen LogP contribution in [0.15, 0.2) is 42.5 Å². The van der Waals surface area contributed by atoms with Gasteiger partial charge in [-0.15, -0.1) is 0 Å². The minimum absolute atomic E-state index is 0.0141. The molecule has 0 aromatic heterocycles. The first kappa shape index (κ1) is 39.3. The van der Waals surface area contributed by atoms with Crippen LogP contribution in [0, 0.1) is 11.8 Å². The molecule has 3 heterocycles. The second-order valence-electron chi connectivity index (χ2n) is 15.6. The van der Waals surface area contributed by atoms with E-state index in [0.29, 0.717) is 49.5 Å². The lowest BCUT2D eigenvalue weighted by Crippen LogP contribution is -2.50. The predicted molar refractivity (Wildman–Crippen MR) is 194 cm³/mol. The van der Waals surface area contributed by atoms with E-state index >= 15 is 4.39 Å². The molecule has 0 unspecified atom stereocenters. The van der Waals surface area contributed by atoms with E-state index in [0.717, 1.165) is 37.3 Å². The van der Waals surface area contributed by atoms with Crippen molar-refractivity contribution < 1.29 is 41.4 Å². The number of anilines is 1. The monoisotopic (exact) mass is 746 g/mol. The van der Waals surface area contributed by atoms with Gasteiger partial charge < -0.3 is 28.9 Å². The zero-order valence-corrected chi connectivity index (χ0v) is 31.5. The molecule has 1 aliphatic carbocycles. The van der Waals surface area contributed by atoms with Crippen LogP contribution in [-0.4, -0.2) is 126 Å². The van der Waals surface area contributed by atoms with Gasteiger partial charge in [0.25, 0.3) is 5.91 Å². The van der Waals surface area contributed by atoms with Gasteiger partial charge in [0.1, 0.15) is 5.75 Å². The molecule has 4 atom stereocenters. The number of rotatable bonds is 10. The smallest absolute Gasteiger partial charge is 0.416 e. The summed E-state index contributed by atoms with van der Waals surface area (Å²) < 4.78 is 76.8. The molecule has 2 aromatic rings. The van der Waals surface area contributed by atoms with E-state index in [-0.39, 0.29) is 62.0 Å². The molecule has 3 saturated heterocycles. The molecule has 2 amide bonds. The average molecular weight is 747 g/mol. The molecule has 0 bridgehead atoms. The number of amides is 2. The van der Waals surface area contributed by atoms with Gasteiger partial charge in [0.15, 0.2) is 0 Å². The minimum Gasteiger partial charge on any atom is -0.497 e. The molecule has 53 heavy (non-hydrogen) atoms. The van der Waals surface area contributed by atoms with Crippen LogP contribution in [0.2, 0.25) is 0 Å². The number of likely N-dealkylation sites (tertiary alicyclic amines) is 2. The summed E-state index contributed by atoms with van der Waals surface area (Å²) in [6, 6.07) is 11.2.